The van der Waals surface area contributed by atoms with Crippen LogP contribution in [-0.2, 0) is 9.59 Å². The molecule has 1 aliphatic rings. The normalized spacial score (nSPS) is 14.2. The fourth-order valence-corrected chi connectivity index (χ4v) is 3.15. The Morgan fingerprint density at radius 3 is 2.75 bits per heavy atom. The quantitative estimate of drug-likeness (QED) is 0.754. The van der Waals surface area contributed by atoms with E-state index in [1.165, 1.54) is 4.90 Å². The van der Waals surface area contributed by atoms with Gasteiger partial charge >= 0.3 is 0 Å². The van der Waals surface area contributed by atoms with Crippen molar-refractivity contribution in [1.29, 1.82) is 0 Å². The maximum absolute atomic E-state index is 12.9. The number of anilines is 2. The first-order valence-electron chi connectivity index (χ1n) is 8.84. The highest BCUT2D eigenvalue weighted by atomic mass is 16.5. The zero-order valence-electron chi connectivity index (χ0n) is 15.5. The van der Waals surface area contributed by atoms with E-state index in [1.807, 2.05) is 43.3 Å². The van der Waals surface area contributed by atoms with Crippen molar-refractivity contribution in [1.82, 2.24) is 14.8 Å². The van der Waals surface area contributed by atoms with Crippen molar-refractivity contribution < 1.29 is 14.3 Å². The third-order valence-corrected chi connectivity index (χ3v) is 4.59. The molecular formula is C20H19N5O3. The Morgan fingerprint density at radius 1 is 1.18 bits per heavy atom. The van der Waals surface area contributed by atoms with Crippen LogP contribution in [0.2, 0.25) is 0 Å². The van der Waals surface area contributed by atoms with Crippen molar-refractivity contribution in [2.24, 2.45) is 0 Å². The summed E-state index contributed by atoms with van der Waals surface area (Å²) >= 11 is 0. The smallest absolute Gasteiger partial charge is 0.265 e. The third kappa shape index (κ3) is 3.32. The number of benzene rings is 2. The van der Waals surface area contributed by atoms with Gasteiger partial charge in [-0.15, -0.1) is 10.2 Å². The largest absolute Gasteiger partial charge is 0.482 e. The Labute approximate surface area is 161 Å². The molecule has 0 bridgehead atoms. The minimum Gasteiger partial charge on any atom is -0.482 e. The number of nitrogens with one attached hydrogen (secondary N) is 1. The number of aryl methyl sites for hydroxylation is 1. The first-order chi connectivity index (χ1) is 13.5. The molecule has 1 aromatic heterocycles. The Bertz CT molecular complexity index is 1030. The van der Waals surface area contributed by atoms with Crippen LogP contribution in [0.3, 0.4) is 0 Å². The zero-order valence-corrected chi connectivity index (χ0v) is 15.5. The van der Waals surface area contributed by atoms with Gasteiger partial charge in [-0.3, -0.25) is 19.1 Å². The molecule has 2 heterocycles. The molecule has 0 aliphatic carbocycles. The molecule has 0 saturated carbocycles. The summed E-state index contributed by atoms with van der Waals surface area (Å²) in [6.07, 6.45) is 3.16. The van der Waals surface area contributed by atoms with Crippen molar-refractivity contribution in [3.63, 3.8) is 0 Å². The maximum Gasteiger partial charge on any atom is 0.265 e. The number of rotatable bonds is 4. The van der Waals surface area contributed by atoms with Gasteiger partial charge in [-0.2, -0.15) is 0 Å². The van der Waals surface area contributed by atoms with Gasteiger partial charge in [0.1, 0.15) is 24.4 Å². The second-order valence-electron chi connectivity index (χ2n) is 6.61. The lowest BCUT2D eigenvalue weighted by molar-refractivity contribution is -0.125. The van der Waals surface area contributed by atoms with Crippen LogP contribution >= 0.6 is 0 Å². The molecule has 2 aromatic carbocycles. The topological polar surface area (TPSA) is 89.4 Å². The van der Waals surface area contributed by atoms with Crippen molar-refractivity contribution in [2.45, 2.75) is 19.9 Å². The molecule has 28 heavy (non-hydrogen) atoms. The van der Waals surface area contributed by atoms with Gasteiger partial charge in [-0.25, -0.2) is 0 Å². The standard InChI is InChI=1S/C20H19N5O3/c1-13-6-7-18-17(8-13)25(19(26)10-28-18)14(2)20(27)23-15-4-3-5-16(9-15)24-11-21-22-12-24/h3-9,11-12,14H,10H2,1-2H3,(H,23,27). The van der Waals surface area contributed by atoms with Gasteiger partial charge in [0, 0.05) is 5.69 Å². The van der Waals surface area contributed by atoms with Gasteiger partial charge in [-0.1, -0.05) is 12.1 Å². The average molecular weight is 377 g/mol. The molecule has 0 radical (unpaired) electrons. The van der Waals surface area contributed by atoms with E-state index in [0.717, 1.165) is 11.3 Å². The summed E-state index contributed by atoms with van der Waals surface area (Å²) < 4.78 is 7.23. The summed E-state index contributed by atoms with van der Waals surface area (Å²) in [5, 5.41) is 10.4. The van der Waals surface area contributed by atoms with Crippen molar-refractivity contribution >= 4 is 23.2 Å². The van der Waals surface area contributed by atoms with Gasteiger partial charge in [-0.05, 0) is 49.7 Å². The van der Waals surface area contributed by atoms with Gasteiger partial charge < -0.3 is 10.1 Å². The molecule has 1 N–H and O–H groups in total. The second kappa shape index (κ2) is 7.15. The fourth-order valence-electron chi connectivity index (χ4n) is 3.15. The van der Waals surface area contributed by atoms with E-state index in [2.05, 4.69) is 15.5 Å². The molecule has 1 aliphatic heterocycles. The summed E-state index contributed by atoms with van der Waals surface area (Å²) in [6.45, 7) is 3.55. The van der Waals surface area contributed by atoms with Crippen molar-refractivity contribution in [3.05, 3.63) is 60.7 Å². The molecule has 3 aromatic rings. The highest BCUT2D eigenvalue weighted by Gasteiger charge is 2.33. The molecule has 8 heteroatoms. The molecule has 0 saturated heterocycles. The van der Waals surface area contributed by atoms with E-state index in [1.54, 1.807) is 30.2 Å². The predicted octanol–water partition coefficient (Wildman–Crippen LogP) is 2.33. The van der Waals surface area contributed by atoms with Gasteiger partial charge in [0.2, 0.25) is 5.91 Å². The number of hydrogen-bond acceptors (Lipinski definition) is 5. The minimum absolute atomic E-state index is 0.0865. The van der Waals surface area contributed by atoms with Crippen LogP contribution in [0, 0.1) is 6.92 Å². The second-order valence-corrected chi connectivity index (χ2v) is 6.61. The van der Waals surface area contributed by atoms with Gasteiger partial charge in [0.25, 0.3) is 5.91 Å². The van der Waals surface area contributed by atoms with Crippen LogP contribution in [0.4, 0.5) is 11.4 Å². The summed E-state index contributed by atoms with van der Waals surface area (Å²) in [4.78, 5) is 26.8. The SMILES string of the molecule is Cc1ccc2c(c1)N(C(C)C(=O)Nc1cccc(-n3cnnc3)c1)C(=O)CO2. The summed E-state index contributed by atoms with van der Waals surface area (Å²) in [5.41, 5.74) is 3.03. The number of amides is 2. The fraction of sp³-hybridized carbons (Fsp3) is 0.200. The monoisotopic (exact) mass is 377 g/mol. The number of nitrogens with zero attached hydrogens (tertiary/aromatic N) is 4. The average Bonchev–Trinajstić information content (AvgIpc) is 3.22. The molecule has 4 rings (SSSR count). The number of ether oxygens (including phenoxy) is 1. The Kier molecular flexibility index (Phi) is 4.52. The van der Waals surface area contributed by atoms with Gasteiger partial charge in [0.05, 0.1) is 11.4 Å². The molecule has 1 unspecified atom stereocenters. The minimum atomic E-state index is -0.699. The summed E-state index contributed by atoms with van der Waals surface area (Å²) in [7, 11) is 0. The maximum atomic E-state index is 12.9. The Hall–Kier alpha value is -3.68. The van der Waals surface area contributed by atoms with Crippen LogP contribution in [0.1, 0.15) is 12.5 Å². The molecule has 0 spiro atoms. The lowest BCUT2D eigenvalue weighted by Crippen LogP contribution is -2.49. The first kappa shape index (κ1) is 17.7. The van der Waals surface area contributed by atoms with Crippen LogP contribution in [-0.4, -0.2) is 39.2 Å². The van der Waals surface area contributed by atoms with Crippen LogP contribution in [0.15, 0.2) is 55.1 Å². The van der Waals surface area contributed by atoms with E-state index < -0.39 is 6.04 Å². The predicted molar refractivity (Wildman–Crippen MR) is 104 cm³/mol. The molecular weight excluding hydrogens is 358 g/mol. The first-order valence-corrected chi connectivity index (χ1v) is 8.84. The molecule has 142 valence electrons. The van der Waals surface area contributed by atoms with E-state index >= 15 is 0 Å². The number of hydrogen-bond donors (Lipinski definition) is 1. The summed E-state index contributed by atoms with van der Waals surface area (Å²) in [5.74, 6) is 0.0575. The molecule has 2 amide bonds. The van der Waals surface area contributed by atoms with Crippen LogP contribution in [0.5, 0.6) is 5.75 Å². The van der Waals surface area contributed by atoms with Crippen molar-refractivity contribution in [2.75, 3.05) is 16.8 Å². The number of fused-ring (bicyclic) bond motifs is 1. The lowest BCUT2D eigenvalue weighted by atomic mass is 10.1. The zero-order chi connectivity index (χ0) is 19.7. The van der Waals surface area contributed by atoms with Crippen LogP contribution in [0.25, 0.3) is 5.69 Å². The molecule has 8 nitrogen and oxygen atoms in total. The van der Waals surface area contributed by atoms with E-state index in [4.69, 9.17) is 4.74 Å². The van der Waals surface area contributed by atoms with E-state index in [0.29, 0.717) is 17.1 Å². The van der Waals surface area contributed by atoms with E-state index in [-0.39, 0.29) is 18.4 Å². The highest BCUT2D eigenvalue weighted by molar-refractivity contribution is 6.07. The number of carbonyl (C=O) groups is 2. The molecule has 0 fully saturated rings. The van der Waals surface area contributed by atoms with Crippen molar-refractivity contribution in [3.8, 4) is 11.4 Å². The molecule has 1 atom stereocenters. The lowest BCUT2D eigenvalue weighted by Gasteiger charge is -2.33. The number of carbonyl (C=O) groups excluding carboxylic acids is 2. The van der Waals surface area contributed by atoms with Crippen LogP contribution < -0.4 is 15.0 Å². The third-order valence-electron chi connectivity index (χ3n) is 4.59. The number of aromatic nitrogens is 3. The Morgan fingerprint density at radius 2 is 1.96 bits per heavy atom. The Balaban J connectivity index is 1.57. The summed E-state index contributed by atoms with van der Waals surface area (Å²) in [6, 6.07) is 12.2. The van der Waals surface area contributed by atoms with E-state index in [9.17, 15) is 9.59 Å². The van der Waals surface area contributed by atoms with Gasteiger partial charge in [0.15, 0.2) is 6.61 Å². The highest BCUT2D eigenvalue weighted by Crippen LogP contribution is 2.34.